The van der Waals surface area contributed by atoms with E-state index in [9.17, 15) is 4.79 Å². The maximum atomic E-state index is 12.9. The molecule has 0 aromatic heterocycles. The van der Waals surface area contributed by atoms with Crippen molar-refractivity contribution in [3.8, 4) is 0 Å². The van der Waals surface area contributed by atoms with E-state index in [-0.39, 0.29) is 11.3 Å². The topological polar surface area (TPSA) is 55.6 Å². The Bertz CT molecular complexity index is 559. The molecule has 1 amide bonds. The number of nitrogens with two attached hydrogens (primary N) is 1. The molecule has 4 heteroatoms. The highest BCUT2D eigenvalue weighted by atomic mass is 16.5. The minimum Gasteiger partial charge on any atom is -0.381 e. The standard InChI is InChI=1S/C16H20N2O2/c17-16(7-9-20-10-8-16)14(19)18-11-15(5-6-15)12-3-1-2-4-13(12)18/h1-4H,5-11,17H2. The van der Waals surface area contributed by atoms with Crippen LogP contribution in [0.15, 0.2) is 24.3 Å². The van der Waals surface area contributed by atoms with E-state index in [1.807, 2.05) is 11.0 Å². The van der Waals surface area contributed by atoms with E-state index in [0.29, 0.717) is 26.1 Å². The van der Waals surface area contributed by atoms with E-state index in [0.717, 1.165) is 12.2 Å². The lowest BCUT2D eigenvalue weighted by molar-refractivity contribution is -0.127. The van der Waals surface area contributed by atoms with Gasteiger partial charge in [0.1, 0.15) is 5.54 Å². The summed E-state index contributed by atoms with van der Waals surface area (Å²) in [5, 5.41) is 0. The number of amides is 1. The fourth-order valence-corrected chi connectivity index (χ4v) is 3.61. The molecule has 1 saturated heterocycles. The molecule has 3 aliphatic rings. The normalized spacial score (nSPS) is 25.6. The molecule has 2 aliphatic heterocycles. The summed E-state index contributed by atoms with van der Waals surface area (Å²) >= 11 is 0. The van der Waals surface area contributed by atoms with Crippen molar-refractivity contribution < 1.29 is 9.53 Å². The molecular formula is C16H20N2O2. The van der Waals surface area contributed by atoms with E-state index in [1.54, 1.807) is 0 Å². The van der Waals surface area contributed by atoms with Crippen molar-refractivity contribution in [3.05, 3.63) is 29.8 Å². The largest absolute Gasteiger partial charge is 0.381 e. The number of hydrogen-bond donors (Lipinski definition) is 1. The quantitative estimate of drug-likeness (QED) is 0.844. The second kappa shape index (κ2) is 4.06. The lowest BCUT2D eigenvalue weighted by atomic mass is 9.89. The summed E-state index contributed by atoms with van der Waals surface area (Å²) < 4.78 is 5.35. The van der Waals surface area contributed by atoms with Crippen LogP contribution < -0.4 is 10.6 Å². The molecule has 4 nitrogen and oxygen atoms in total. The first kappa shape index (κ1) is 12.4. The average Bonchev–Trinajstić information content (AvgIpc) is 3.18. The molecule has 2 heterocycles. The summed E-state index contributed by atoms with van der Waals surface area (Å²) in [6.07, 6.45) is 3.62. The van der Waals surface area contributed by atoms with Crippen molar-refractivity contribution in [3.63, 3.8) is 0 Å². The second-order valence-corrected chi connectivity index (χ2v) is 6.46. The third-order valence-electron chi connectivity index (χ3n) is 5.14. The summed E-state index contributed by atoms with van der Waals surface area (Å²) in [6, 6.07) is 8.30. The van der Waals surface area contributed by atoms with Crippen LogP contribution >= 0.6 is 0 Å². The minimum atomic E-state index is -0.744. The Hall–Kier alpha value is -1.39. The average molecular weight is 272 g/mol. The Balaban J connectivity index is 1.68. The maximum Gasteiger partial charge on any atom is 0.247 e. The van der Waals surface area contributed by atoms with Gasteiger partial charge >= 0.3 is 0 Å². The lowest BCUT2D eigenvalue weighted by Gasteiger charge is -2.35. The molecule has 2 fully saturated rings. The van der Waals surface area contributed by atoms with Crippen LogP contribution in [-0.4, -0.2) is 31.2 Å². The molecule has 106 valence electrons. The number of benzene rings is 1. The Kier molecular flexibility index (Phi) is 2.51. The highest BCUT2D eigenvalue weighted by Crippen LogP contribution is 2.56. The van der Waals surface area contributed by atoms with Gasteiger partial charge in [0.05, 0.1) is 0 Å². The zero-order valence-corrected chi connectivity index (χ0v) is 11.6. The van der Waals surface area contributed by atoms with Crippen LogP contribution in [0.1, 0.15) is 31.2 Å². The zero-order valence-electron chi connectivity index (χ0n) is 11.6. The number of carbonyl (C=O) groups is 1. The van der Waals surface area contributed by atoms with Crippen molar-refractivity contribution in [2.45, 2.75) is 36.6 Å². The molecule has 0 radical (unpaired) electrons. The van der Waals surface area contributed by atoms with Crippen molar-refractivity contribution in [2.75, 3.05) is 24.7 Å². The van der Waals surface area contributed by atoms with E-state index in [4.69, 9.17) is 10.5 Å². The number of carbonyl (C=O) groups excluding carboxylic acids is 1. The van der Waals surface area contributed by atoms with E-state index >= 15 is 0 Å². The van der Waals surface area contributed by atoms with Crippen LogP contribution in [0.5, 0.6) is 0 Å². The van der Waals surface area contributed by atoms with Gasteiger partial charge in [0.15, 0.2) is 0 Å². The first-order valence-electron chi connectivity index (χ1n) is 7.43. The van der Waals surface area contributed by atoms with Gasteiger partial charge in [0.2, 0.25) is 5.91 Å². The molecular weight excluding hydrogens is 252 g/mol. The van der Waals surface area contributed by atoms with Gasteiger partial charge in [0, 0.05) is 30.9 Å². The number of fused-ring (bicyclic) bond motifs is 2. The van der Waals surface area contributed by atoms with Crippen molar-refractivity contribution in [1.29, 1.82) is 0 Å². The summed E-state index contributed by atoms with van der Waals surface area (Å²) in [5.74, 6) is 0.0806. The summed E-state index contributed by atoms with van der Waals surface area (Å²) in [7, 11) is 0. The van der Waals surface area contributed by atoms with Crippen LogP contribution in [0, 0.1) is 0 Å². The number of nitrogens with zero attached hydrogens (tertiary/aromatic N) is 1. The molecule has 1 saturated carbocycles. The van der Waals surface area contributed by atoms with Crippen LogP contribution in [0.4, 0.5) is 5.69 Å². The Morgan fingerprint density at radius 2 is 1.85 bits per heavy atom. The smallest absolute Gasteiger partial charge is 0.247 e. The van der Waals surface area contributed by atoms with Crippen molar-refractivity contribution in [1.82, 2.24) is 0 Å². The van der Waals surface area contributed by atoms with Gasteiger partial charge in [-0.15, -0.1) is 0 Å². The van der Waals surface area contributed by atoms with Gasteiger partial charge in [-0.25, -0.2) is 0 Å². The van der Waals surface area contributed by atoms with Gasteiger partial charge in [-0.05, 0) is 37.3 Å². The summed E-state index contributed by atoms with van der Waals surface area (Å²) in [4.78, 5) is 14.9. The minimum absolute atomic E-state index is 0.0806. The SMILES string of the molecule is NC1(C(=O)N2CC3(CC3)c3ccccc32)CCOCC1. The molecule has 2 N–H and O–H groups in total. The predicted molar refractivity (Wildman–Crippen MR) is 76.7 cm³/mol. The molecule has 0 atom stereocenters. The van der Waals surface area contributed by atoms with Gasteiger partial charge in [0.25, 0.3) is 0 Å². The number of rotatable bonds is 1. The molecule has 1 aromatic carbocycles. The van der Waals surface area contributed by atoms with Gasteiger partial charge in [-0.1, -0.05) is 18.2 Å². The first-order chi connectivity index (χ1) is 9.65. The van der Waals surface area contributed by atoms with Crippen LogP contribution in [0.2, 0.25) is 0 Å². The predicted octanol–water partition coefficient (Wildman–Crippen LogP) is 1.57. The molecule has 4 rings (SSSR count). The summed E-state index contributed by atoms with van der Waals surface area (Å²) in [6.45, 7) is 1.98. The van der Waals surface area contributed by atoms with Crippen LogP contribution in [0.3, 0.4) is 0 Å². The first-order valence-corrected chi connectivity index (χ1v) is 7.43. The Morgan fingerprint density at radius 1 is 1.15 bits per heavy atom. The van der Waals surface area contributed by atoms with Gasteiger partial charge in [-0.3, -0.25) is 4.79 Å². The van der Waals surface area contributed by atoms with Crippen molar-refractivity contribution >= 4 is 11.6 Å². The highest BCUT2D eigenvalue weighted by Gasteiger charge is 2.54. The molecule has 1 spiro atoms. The van der Waals surface area contributed by atoms with Crippen LogP contribution in [-0.2, 0) is 14.9 Å². The Morgan fingerprint density at radius 3 is 2.55 bits per heavy atom. The zero-order chi connectivity index (χ0) is 13.8. The third kappa shape index (κ3) is 1.64. The third-order valence-corrected chi connectivity index (χ3v) is 5.14. The number of anilines is 1. The maximum absolute atomic E-state index is 12.9. The molecule has 0 unspecified atom stereocenters. The van der Waals surface area contributed by atoms with Crippen molar-refractivity contribution in [2.24, 2.45) is 5.73 Å². The Labute approximate surface area is 118 Å². The molecule has 0 bridgehead atoms. The highest BCUT2D eigenvalue weighted by molar-refractivity contribution is 6.02. The number of para-hydroxylation sites is 1. The fraction of sp³-hybridized carbons (Fsp3) is 0.562. The lowest BCUT2D eigenvalue weighted by Crippen LogP contribution is -2.58. The van der Waals surface area contributed by atoms with E-state index < -0.39 is 5.54 Å². The fourth-order valence-electron chi connectivity index (χ4n) is 3.61. The monoisotopic (exact) mass is 272 g/mol. The molecule has 20 heavy (non-hydrogen) atoms. The van der Waals surface area contributed by atoms with Gasteiger partial charge < -0.3 is 15.4 Å². The van der Waals surface area contributed by atoms with E-state index in [2.05, 4.69) is 18.2 Å². The van der Waals surface area contributed by atoms with E-state index in [1.165, 1.54) is 18.4 Å². The second-order valence-electron chi connectivity index (χ2n) is 6.46. The molecule has 1 aliphatic carbocycles. The van der Waals surface area contributed by atoms with Crippen LogP contribution in [0.25, 0.3) is 0 Å². The number of hydrogen-bond acceptors (Lipinski definition) is 3. The summed E-state index contributed by atoms with van der Waals surface area (Å²) in [5.41, 5.74) is 8.28. The van der Waals surface area contributed by atoms with Gasteiger partial charge in [-0.2, -0.15) is 0 Å². The molecule has 1 aromatic rings. The number of ether oxygens (including phenoxy) is 1.